The number of thioether (sulfide) groups is 1. The molecule has 2 aromatic carbocycles. The summed E-state index contributed by atoms with van der Waals surface area (Å²) >= 11 is 1.23. The molecule has 4 aromatic rings. The van der Waals surface area contributed by atoms with E-state index in [-0.39, 0.29) is 5.75 Å². The van der Waals surface area contributed by atoms with Crippen LogP contribution in [0.3, 0.4) is 0 Å². The molecule has 0 aliphatic heterocycles. The predicted molar refractivity (Wildman–Crippen MR) is 120 cm³/mol. The molecule has 0 saturated heterocycles. The van der Waals surface area contributed by atoms with Crippen LogP contribution >= 0.6 is 11.8 Å². The fourth-order valence-electron chi connectivity index (χ4n) is 3.12. The lowest BCUT2D eigenvalue weighted by atomic mass is 10.2. The first kappa shape index (κ1) is 20.6. The third kappa shape index (κ3) is 4.59. The number of rotatable bonds is 6. The van der Waals surface area contributed by atoms with Crippen molar-refractivity contribution in [3.05, 3.63) is 84.2 Å². The van der Waals surface area contributed by atoms with Crippen LogP contribution in [0.2, 0.25) is 0 Å². The van der Waals surface area contributed by atoms with Crippen LogP contribution < -0.4 is 5.32 Å². The van der Waals surface area contributed by atoms with E-state index in [9.17, 15) is 9.59 Å². The lowest BCUT2D eigenvalue weighted by Crippen LogP contribution is -2.33. The third-order valence-electron chi connectivity index (χ3n) is 4.72. The van der Waals surface area contributed by atoms with Gasteiger partial charge in [0.15, 0.2) is 11.0 Å². The molecule has 2 heterocycles. The number of aromatic nitrogens is 4. The molecule has 4 rings (SSSR count). The van der Waals surface area contributed by atoms with Crippen LogP contribution in [0.1, 0.15) is 16.1 Å². The van der Waals surface area contributed by atoms with Crippen molar-refractivity contribution in [3.63, 3.8) is 0 Å². The Labute approximate surface area is 184 Å². The van der Waals surface area contributed by atoms with Crippen molar-refractivity contribution in [2.24, 2.45) is 7.05 Å². The van der Waals surface area contributed by atoms with E-state index in [2.05, 4.69) is 15.5 Å². The van der Waals surface area contributed by atoms with Crippen molar-refractivity contribution < 1.29 is 9.59 Å². The normalized spacial score (nSPS) is 10.8. The van der Waals surface area contributed by atoms with E-state index < -0.39 is 11.8 Å². The van der Waals surface area contributed by atoms with E-state index >= 15 is 0 Å². The van der Waals surface area contributed by atoms with Gasteiger partial charge in [0.2, 0.25) is 5.91 Å². The third-order valence-corrected chi connectivity index (χ3v) is 5.65. The highest BCUT2D eigenvalue weighted by molar-refractivity contribution is 7.99. The van der Waals surface area contributed by atoms with Gasteiger partial charge in [-0.15, -0.1) is 10.2 Å². The Morgan fingerprint density at radius 3 is 2.39 bits per heavy atom. The lowest BCUT2D eigenvalue weighted by Gasteiger charge is -2.11. The van der Waals surface area contributed by atoms with Gasteiger partial charge in [-0.3, -0.25) is 19.5 Å². The zero-order valence-electron chi connectivity index (χ0n) is 17.1. The zero-order valence-corrected chi connectivity index (χ0v) is 18.0. The SMILES string of the molecule is Cc1ccc(-n2c(SCC(=O)NC(=O)c3cccn3C)nnc2-c2ccccc2)cc1. The van der Waals surface area contributed by atoms with Gasteiger partial charge in [0.25, 0.3) is 5.91 Å². The Balaban J connectivity index is 1.56. The average molecular weight is 432 g/mol. The van der Waals surface area contributed by atoms with Gasteiger partial charge in [0, 0.05) is 24.5 Å². The molecule has 0 bridgehead atoms. The zero-order chi connectivity index (χ0) is 21.8. The van der Waals surface area contributed by atoms with Gasteiger partial charge in [0.05, 0.1) is 5.75 Å². The van der Waals surface area contributed by atoms with Crippen molar-refractivity contribution in [2.45, 2.75) is 12.1 Å². The first-order chi connectivity index (χ1) is 15.0. The molecule has 156 valence electrons. The van der Waals surface area contributed by atoms with Crippen molar-refractivity contribution in [1.29, 1.82) is 0 Å². The van der Waals surface area contributed by atoms with Gasteiger partial charge in [-0.1, -0.05) is 59.8 Å². The van der Waals surface area contributed by atoms with Crippen LogP contribution in [0.4, 0.5) is 0 Å². The molecular formula is C23H21N5O2S. The van der Waals surface area contributed by atoms with E-state index in [1.54, 1.807) is 29.9 Å². The number of carbonyl (C=O) groups is 2. The van der Waals surface area contributed by atoms with Crippen molar-refractivity contribution in [1.82, 2.24) is 24.6 Å². The van der Waals surface area contributed by atoms with Crippen molar-refractivity contribution in [2.75, 3.05) is 5.75 Å². The highest BCUT2D eigenvalue weighted by atomic mass is 32.2. The standard InChI is InChI=1S/C23H21N5O2S/c1-16-10-12-18(13-11-16)28-21(17-7-4-3-5-8-17)25-26-23(28)31-15-20(29)24-22(30)19-9-6-14-27(19)2/h3-14H,15H2,1-2H3,(H,24,29,30). The van der Waals surface area contributed by atoms with E-state index in [0.717, 1.165) is 16.8 Å². The molecule has 0 saturated carbocycles. The Morgan fingerprint density at radius 1 is 0.968 bits per heavy atom. The minimum atomic E-state index is -0.428. The molecule has 0 fully saturated rings. The minimum absolute atomic E-state index is 0.0367. The van der Waals surface area contributed by atoms with Crippen molar-refractivity contribution >= 4 is 23.6 Å². The summed E-state index contributed by atoms with van der Waals surface area (Å²) in [7, 11) is 1.75. The Hall–Kier alpha value is -3.65. The molecule has 0 spiro atoms. The molecule has 31 heavy (non-hydrogen) atoms. The number of nitrogens with one attached hydrogen (secondary N) is 1. The van der Waals surface area contributed by atoms with Gasteiger partial charge in [-0.05, 0) is 31.2 Å². The molecular weight excluding hydrogens is 410 g/mol. The van der Waals surface area contributed by atoms with Crippen molar-refractivity contribution in [3.8, 4) is 17.1 Å². The summed E-state index contributed by atoms with van der Waals surface area (Å²) in [5, 5.41) is 11.7. The van der Waals surface area contributed by atoms with Crippen LogP contribution in [0.25, 0.3) is 17.1 Å². The summed E-state index contributed by atoms with van der Waals surface area (Å²) < 4.78 is 3.58. The number of amides is 2. The number of carbonyl (C=O) groups excluding carboxylic acids is 2. The molecule has 0 radical (unpaired) electrons. The molecule has 2 amide bonds. The van der Waals surface area contributed by atoms with Gasteiger partial charge in [0.1, 0.15) is 5.69 Å². The summed E-state index contributed by atoms with van der Waals surface area (Å²) in [4.78, 5) is 24.6. The molecule has 7 nitrogen and oxygen atoms in total. The first-order valence-electron chi connectivity index (χ1n) is 9.69. The maximum atomic E-state index is 12.4. The summed E-state index contributed by atoms with van der Waals surface area (Å²) in [6, 6.07) is 21.2. The summed E-state index contributed by atoms with van der Waals surface area (Å²) in [5.41, 5.74) is 3.39. The number of hydrogen-bond acceptors (Lipinski definition) is 5. The molecule has 0 unspecified atom stereocenters. The fraction of sp³-hybridized carbons (Fsp3) is 0.130. The topological polar surface area (TPSA) is 81.8 Å². The fourth-order valence-corrected chi connectivity index (χ4v) is 3.87. The molecule has 0 aliphatic rings. The second-order valence-corrected chi connectivity index (χ2v) is 7.96. The number of benzene rings is 2. The van der Waals surface area contributed by atoms with Crippen LogP contribution in [-0.2, 0) is 11.8 Å². The largest absolute Gasteiger partial charge is 0.347 e. The molecule has 0 aliphatic carbocycles. The van der Waals surface area contributed by atoms with E-state index in [0.29, 0.717) is 16.7 Å². The summed E-state index contributed by atoms with van der Waals surface area (Å²) in [6.07, 6.45) is 1.75. The number of aryl methyl sites for hydroxylation is 2. The quantitative estimate of drug-likeness (QED) is 0.472. The maximum absolute atomic E-state index is 12.4. The number of imide groups is 1. The smallest absolute Gasteiger partial charge is 0.274 e. The summed E-state index contributed by atoms with van der Waals surface area (Å²) in [6.45, 7) is 2.03. The Morgan fingerprint density at radius 2 is 1.71 bits per heavy atom. The van der Waals surface area contributed by atoms with Crippen LogP contribution in [-0.4, -0.2) is 36.9 Å². The highest BCUT2D eigenvalue weighted by Gasteiger charge is 2.18. The summed E-state index contributed by atoms with van der Waals surface area (Å²) in [5.74, 6) is -0.0965. The molecule has 2 aromatic heterocycles. The molecule has 8 heteroatoms. The second kappa shape index (κ2) is 9.01. The number of hydrogen-bond donors (Lipinski definition) is 1. The average Bonchev–Trinajstić information content (AvgIpc) is 3.40. The highest BCUT2D eigenvalue weighted by Crippen LogP contribution is 2.28. The van der Waals surface area contributed by atoms with Gasteiger partial charge < -0.3 is 4.57 Å². The number of nitrogens with zero attached hydrogens (tertiary/aromatic N) is 4. The predicted octanol–water partition coefficient (Wildman–Crippen LogP) is 3.63. The van der Waals surface area contributed by atoms with Crippen LogP contribution in [0.5, 0.6) is 0 Å². The van der Waals surface area contributed by atoms with Gasteiger partial charge in [-0.2, -0.15) is 0 Å². The minimum Gasteiger partial charge on any atom is -0.347 e. The monoisotopic (exact) mass is 431 g/mol. The first-order valence-corrected chi connectivity index (χ1v) is 10.7. The van der Waals surface area contributed by atoms with Crippen LogP contribution in [0.15, 0.2) is 78.1 Å². The molecule has 1 N–H and O–H groups in total. The van der Waals surface area contributed by atoms with Crippen LogP contribution in [0, 0.1) is 6.92 Å². The Bertz CT molecular complexity index is 1210. The lowest BCUT2D eigenvalue weighted by molar-refractivity contribution is -0.117. The van der Waals surface area contributed by atoms with E-state index in [1.165, 1.54) is 11.8 Å². The Kier molecular flexibility index (Phi) is 5.99. The maximum Gasteiger partial charge on any atom is 0.274 e. The van der Waals surface area contributed by atoms with E-state index in [4.69, 9.17) is 0 Å². The van der Waals surface area contributed by atoms with E-state index in [1.807, 2.05) is 66.1 Å². The second-order valence-electron chi connectivity index (χ2n) is 7.01. The van der Waals surface area contributed by atoms with Gasteiger partial charge >= 0.3 is 0 Å². The van der Waals surface area contributed by atoms with Gasteiger partial charge in [-0.25, -0.2) is 0 Å². The molecule has 0 atom stereocenters.